The van der Waals surface area contributed by atoms with Crippen LogP contribution in [0.15, 0.2) is 47.0 Å². The number of fused-ring (bicyclic) bond motifs is 1. The van der Waals surface area contributed by atoms with Crippen molar-refractivity contribution in [2.75, 3.05) is 18.6 Å². The Morgan fingerprint density at radius 3 is 2.60 bits per heavy atom. The van der Waals surface area contributed by atoms with Crippen molar-refractivity contribution in [3.8, 4) is 17.1 Å². The number of halogens is 3. The number of benzene rings is 1. The number of nitrogens with zero attached hydrogens (tertiary/aromatic N) is 2. The number of amides is 1. The van der Waals surface area contributed by atoms with Gasteiger partial charge in [-0.25, -0.2) is 8.42 Å². The number of sulfone groups is 1. The van der Waals surface area contributed by atoms with Crippen molar-refractivity contribution in [2.45, 2.75) is 12.7 Å². The zero-order valence-electron chi connectivity index (χ0n) is 15.7. The van der Waals surface area contributed by atoms with Gasteiger partial charge in [-0.2, -0.15) is 13.2 Å². The Kier molecular flexibility index (Phi) is 5.75. The van der Waals surface area contributed by atoms with Gasteiger partial charge in [-0.1, -0.05) is 0 Å². The first kappa shape index (κ1) is 21.6. The number of aromatic hydroxyl groups is 1. The van der Waals surface area contributed by atoms with Gasteiger partial charge in [0.25, 0.3) is 0 Å². The molecule has 3 rings (SSSR count). The highest BCUT2D eigenvalue weighted by atomic mass is 32.2. The summed E-state index contributed by atoms with van der Waals surface area (Å²) in [5.74, 6) is -2.40. The summed E-state index contributed by atoms with van der Waals surface area (Å²) in [6.45, 7) is -1.17. The highest BCUT2D eigenvalue weighted by Gasteiger charge is 2.42. The summed E-state index contributed by atoms with van der Waals surface area (Å²) in [5, 5.41) is 10.4. The predicted molar refractivity (Wildman–Crippen MR) is 102 cm³/mol. The van der Waals surface area contributed by atoms with Crippen molar-refractivity contribution in [3.63, 3.8) is 0 Å². The van der Waals surface area contributed by atoms with E-state index in [4.69, 9.17) is 4.42 Å². The maximum absolute atomic E-state index is 12.9. The fraction of sp³-hybridized carbons (Fsp3) is 0.263. The zero-order chi connectivity index (χ0) is 22.1. The second kappa shape index (κ2) is 7.98. The Hall–Kier alpha value is -3.08. The van der Waals surface area contributed by atoms with Gasteiger partial charge < -0.3 is 14.4 Å². The van der Waals surface area contributed by atoms with Crippen molar-refractivity contribution in [3.05, 3.63) is 48.4 Å². The minimum absolute atomic E-state index is 0.0105. The van der Waals surface area contributed by atoms with Crippen molar-refractivity contribution < 1.29 is 35.9 Å². The van der Waals surface area contributed by atoms with Crippen LogP contribution in [0.4, 0.5) is 13.2 Å². The van der Waals surface area contributed by atoms with Gasteiger partial charge in [0.15, 0.2) is 0 Å². The fourth-order valence-electron chi connectivity index (χ4n) is 2.80. The Bertz CT molecular complexity index is 1190. The molecule has 1 aromatic carbocycles. The van der Waals surface area contributed by atoms with Crippen molar-refractivity contribution in [1.29, 1.82) is 0 Å². The van der Waals surface area contributed by atoms with Crippen LogP contribution in [0.5, 0.6) is 5.75 Å². The van der Waals surface area contributed by atoms with Crippen LogP contribution < -0.4 is 0 Å². The molecule has 0 saturated carbocycles. The Morgan fingerprint density at radius 2 is 1.93 bits per heavy atom. The molecular formula is C19H17F3N2O5S. The lowest BCUT2D eigenvalue weighted by Crippen LogP contribution is -2.42. The summed E-state index contributed by atoms with van der Waals surface area (Å²) in [6, 6.07) is 9.26. The average Bonchev–Trinajstić information content (AvgIpc) is 3.12. The second-order valence-electron chi connectivity index (χ2n) is 6.68. The number of hydrogen-bond donors (Lipinski definition) is 1. The van der Waals surface area contributed by atoms with Crippen LogP contribution in [0, 0.1) is 0 Å². The summed E-state index contributed by atoms with van der Waals surface area (Å²) in [5.41, 5.74) is 1.09. The highest BCUT2D eigenvalue weighted by molar-refractivity contribution is 7.90. The minimum atomic E-state index is -5.14. The summed E-state index contributed by atoms with van der Waals surface area (Å²) < 4.78 is 66.8. The Morgan fingerprint density at radius 1 is 1.20 bits per heavy atom. The second-order valence-corrected chi connectivity index (χ2v) is 8.94. The van der Waals surface area contributed by atoms with Crippen LogP contribution in [-0.2, 0) is 21.2 Å². The first-order valence-corrected chi connectivity index (χ1v) is 10.7. The molecule has 0 aliphatic heterocycles. The molecule has 11 heteroatoms. The summed E-state index contributed by atoms with van der Waals surface area (Å²) >= 11 is 0. The van der Waals surface area contributed by atoms with E-state index < -0.39 is 40.8 Å². The molecule has 0 bridgehead atoms. The van der Waals surface area contributed by atoms with E-state index in [9.17, 15) is 31.5 Å². The predicted octanol–water partition coefficient (Wildman–Crippen LogP) is 3.14. The number of aromatic nitrogens is 1. The number of rotatable bonds is 6. The van der Waals surface area contributed by atoms with Gasteiger partial charge in [-0.15, -0.1) is 0 Å². The molecule has 30 heavy (non-hydrogen) atoms. The molecule has 0 fully saturated rings. The van der Waals surface area contributed by atoms with Gasteiger partial charge in [0.2, 0.25) is 0 Å². The maximum Gasteiger partial charge on any atom is 0.471 e. The number of furan rings is 1. The molecule has 0 aliphatic rings. The topological polar surface area (TPSA) is 101 Å². The van der Waals surface area contributed by atoms with Crippen LogP contribution in [0.3, 0.4) is 0 Å². The van der Waals surface area contributed by atoms with Crippen molar-refractivity contribution in [1.82, 2.24) is 9.88 Å². The number of pyridine rings is 1. The molecule has 0 unspecified atom stereocenters. The maximum atomic E-state index is 12.9. The third-order valence-electron chi connectivity index (χ3n) is 4.27. The number of carbonyl (C=O) groups is 1. The Labute approximate surface area is 169 Å². The molecule has 0 saturated heterocycles. The van der Waals surface area contributed by atoms with Crippen LogP contribution in [-0.4, -0.2) is 54.0 Å². The molecule has 160 valence electrons. The lowest BCUT2D eigenvalue weighted by molar-refractivity contribution is -0.186. The van der Waals surface area contributed by atoms with Crippen LogP contribution in [0.25, 0.3) is 22.2 Å². The summed E-state index contributed by atoms with van der Waals surface area (Å²) in [4.78, 5) is 16.2. The molecule has 0 aliphatic carbocycles. The Balaban J connectivity index is 1.86. The fourth-order valence-corrected chi connectivity index (χ4v) is 3.35. The molecule has 1 amide bonds. The molecule has 7 nitrogen and oxygen atoms in total. The number of hydrogen-bond acceptors (Lipinski definition) is 6. The SMILES string of the molecule is CS(=O)(=O)CCN(Cc1ccc(-c2ccc3nccc(O)c3c2)o1)C(=O)C(F)(F)F. The van der Waals surface area contributed by atoms with Gasteiger partial charge in [0.1, 0.15) is 27.1 Å². The first-order chi connectivity index (χ1) is 13.9. The molecule has 0 radical (unpaired) electrons. The number of alkyl halides is 3. The van der Waals surface area contributed by atoms with E-state index in [0.717, 1.165) is 6.26 Å². The largest absolute Gasteiger partial charge is 0.507 e. The smallest absolute Gasteiger partial charge is 0.471 e. The molecule has 2 heterocycles. The highest BCUT2D eigenvalue weighted by Crippen LogP contribution is 2.30. The lowest BCUT2D eigenvalue weighted by atomic mass is 10.1. The van der Waals surface area contributed by atoms with E-state index in [-0.39, 0.29) is 11.5 Å². The third-order valence-corrected chi connectivity index (χ3v) is 5.20. The molecule has 0 atom stereocenters. The molecule has 3 aromatic rings. The molecule has 2 aromatic heterocycles. The normalized spacial score (nSPS) is 12.3. The van der Waals surface area contributed by atoms with Crippen molar-refractivity contribution in [2.24, 2.45) is 0 Å². The molecule has 0 spiro atoms. The minimum Gasteiger partial charge on any atom is -0.507 e. The van der Waals surface area contributed by atoms with Gasteiger partial charge in [0, 0.05) is 29.9 Å². The van der Waals surface area contributed by atoms with Gasteiger partial charge in [-0.3, -0.25) is 9.78 Å². The van der Waals surface area contributed by atoms with E-state index in [0.29, 0.717) is 27.1 Å². The molecule has 1 N–H and O–H groups in total. The zero-order valence-corrected chi connectivity index (χ0v) is 16.5. The van der Waals surface area contributed by atoms with Crippen LogP contribution in [0.2, 0.25) is 0 Å². The van der Waals surface area contributed by atoms with Crippen molar-refractivity contribution >= 4 is 26.6 Å². The number of carbonyl (C=O) groups excluding carboxylic acids is 1. The van der Waals surface area contributed by atoms with Crippen LogP contribution in [0.1, 0.15) is 5.76 Å². The standard InChI is InChI=1S/C19H17F3N2O5S/c1-30(27,28)9-8-24(18(26)19(20,21)22)11-13-3-5-17(29-13)12-2-4-15-14(10-12)16(25)6-7-23-15/h2-7,10H,8-9,11H2,1H3,(H,23,25). The monoisotopic (exact) mass is 442 g/mol. The lowest BCUT2D eigenvalue weighted by Gasteiger charge is -2.22. The average molecular weight is 442 g/mol. The van der Waals surface area contributed by atoms with E-state index >= 15 is 0 Å². The summed E-state index contributed by atoms with van der Waals surface area (Å²) in [7, 11) is -3.57. The quantitative estimate of drug-likeness (QED) is 0.630. The van der Waals surface area contributed by atoms with E-state index in [1.54, 1.807) is 18.2 Å². The van der Waals surface area contributed by atoms with Crippen LogP contribution >= 0.6 is 0 Å². The van der Waals surface area contributed by atoms with Gasteiger partial charge in [-0.05, 0) is 36.4 Å². The third kappa shape index (κ3) is 5.09. The van der Waals surface area contributed by atoms with E-state index in [1.807, 2.05) is 0 Å². The van der Waals surface area contributed by atoms with E-state index in [1.165, 1.54) is 24.4 Å². The van der Waals surface area contributed by atoms with Gasteiger partial charge in [0.05, 0.1) is 17.8 Å². The van der Waals surface area contributed by atoms with E-state index in [2.05, 4.69) is 4.98 Å². The van der Waals surface area contributed by atoms with Gasteiger partial charge >= 0.3 is 12.1 Å². The first-order valence-electron chi connectivity index (χ1n) is 8.65. The summed E-state index contributed by atoms with van der Waals surface area (Å²) in [6.07, 6.45) is -2.82. The molecular weight excluding hydrogens is 425 g/mol.